The van der Waals surface area contributed by atoms with Crippen LogP contribution in [0.2, 0.25) is 0 Å². The molecular weight excluding hydrogens is 270 g/mol. The summed E-state index contributed by atoms with van der Waals surface area (Å²) in [7, 11) is 3.00. The molecule has 0 aliphatic rings. The summed E-state index contributed by atoms with van der Waals surface area (Å²) in [5.41, 5.74) is 0.895. The van der Waals surface area contributed by atoms with Gasteiger partial charge in [-0.25, -0.2) is 0 Å². The monoisotopic (exact) mass is 285 g/mol. The number of nitrogens with one attached hydrogen (secondary N) is 1. The van der Waals surface area contributed by atoms with Crippen LogP contribution in [0.15, 0.2) is 24.3 Å². The Morgan fingerprint density at radius 2 is 2.00 bits per heavy atom. The lowest BCUT2D eigenvalue weighted by atomic mass is 10.3. The van der Waals surface area contributed by atoms with E-state index in [-0.39, 0.29) is 5.97 Å². The third-order valence-corrected chi connectivity index (χ3v) is 3.33. The van der Waals surface area contributed by atoms with Crippen LogP contribution >= 0.6 is 24.0 Å². The summed E-state index contributed by atoms with van der Waals surface area (Å²) in [6.45, 7) is 0. The van der Waals surface area contributed by atoms with Gasteiger partial charge < -0.3 is 14.8 Å². The highest BCUT2D eigenvalue weighted by Crippen LogP contribution is 2.17. The van der Waals surface area contributed by atoms with E-state index in [0.717, 1.165) is 11.4 Å². The number of carbonyl (C=O) groups excluding carboxylic acids is 1. The normalized spacial score (nSPS) is 9.67. The Kier molecular flexibility index (Phi) is 6.53. The molecule has 1 aromatic rings. The number of thioether (sulfide) groups is 1. The maximum atomic E-state index is 10.9. The van der Waals surface area contributed by atoms with Gasteiger partial charge in [0.05, 0.1) is 20.6 Å². The Bertz CT molecular complexity index is 406. The zero-order valence-corrected chi connectivity index (χ0v) is 11.9. The van der Waals surface area contributed by atoms with Crippen LogP contribution in [0.3, 0.4) is 0 Å². The van der Waals surface area contributed by atoms with Crippen molar-refractivity contribution in [3.05, 3.63) is 24.3 Å². The highest BCUT2D eigenvalue weighted by Gasteiger charge is 2.03. The van der Waals surface area contributed by atoms with Crippen molar-refractivity contribution in [1.82, 2.24) is 0 Å². The smallest absolute Gasteiger partial charge is 0.306 e. The molecular formula is C12H15NO3S2. The van der Waals surface area contributed by atoms with Gasteiger partial charge >= 0.3 is 5.97 Å². The van der Waals surface area contributed by atoms with E-state index >= 15 is 0 Å². The number of esters is 1. The van der Waals surface area contributed by atoms with Gasteiger partial charge in [-0.05, 0) is 24.3 Å². The predicted molar refractivity (Wildman–Crippen MR) is 78.3 cm³/mol. The molecule has 0 heterocycles. The van der Waals surface area contributed by atoms with Gasteiger partial charge in [-0.3, -0.25) is 4.79 Å². The predicted octanol–water partition coefficient (Wildman–Crippen LogP) is 2.69. The summed E-state index contributed by atoms with van der Waals surface area (Å²) in [4.78, 5) is 10.9. The molecule has 0 unspecified atom stereocenters. The van der Waals surface area contributed by atoms with Crippen molar-refractivity contribution in [2.75, 3.05) is 25.3 Å². The molecule has 98 valence electrons. The second-order valence-electron chi connectivity index (χ2n) is 3.32. The molecule has 0 atom stereocenters. The van der Waals surface area contributed by atoms with Crippen LogP contribution < -0.4 is 10.1 Å². The first-order chi connectivity index (χ1) is 8.65. The van der Waals surface area contributed by atoms with Crippen LogP contribution in [0.4, 0.5) is 5.69 Å². The third kappa shape index (κ3) is 5.37. The number of anilines is 1. The number of hydrogen-bond donors (Lipinski definition) is 1. The van der Waals surface area contributed by atoms with E-state index in [2.05, 4.69) is 10.1 Å². The standard InChI is InChI=1S/C12H15NO3S2/c1-15-10-5-3-9(4-6-10)13-12(17)18-8-7-11(14)16-2/h3-6H,7-8H2,1-2H3,(H,13,17). The van der Waals surface area contributed by atoms with Crippen molar-refractivity contribution >= 4 is 40.0 Å². The molecule has 1 N–H and O–H groups in total. The Morgan fingerprint density at radius 3 is 2.56 bits per heavy atom. The highest BCUT2D eigenvalue weighted by molar-refractivity contribution is 8.23. The second-order valence-corrected chi connectivity index (χ2v) is 5.09. The lowest BCUT2D eigenvalue weighted by Gasteiger charge is -2.07. The maximum Gasteiger partial charge on any atom is 0.306 e. The number of methoxy groups -OCH3 is 2. The van der Waals surface area contributed by atoms with Crippen LogP contribution in [0.25, 0.3) is 0 Å². The van der Waals surface area contributed by atoms with Crippen LogP contribution in [0.1, 0.15) is 6.42 Å². The molecule has 0 aromatic heterocycles. The molecule has 0 saturated carbocycles. The minimum absolute atomic E-state index is 0.227. The Morgan fingerprint density at radius 1 is 1.33 bits per heavy atom. The second kappa shape index (κ2) is 7.94. The first-order valence-electron chi connectivity index (χ1n) is 5.30. The fraction of sp³-hybridized carbons (Fsp3) is 0.333. The molecule has 0 bridgehead atoms. The van der Waals surface area contributed by atoms with E-state index in [0.29, 0.717) is 16.5 Å². The van der Waals surface area contributed by atoms with Crippen molar-refractivity contribution in [1.29, 1.82) is 0 Å². The molecule has 0 radical (unpaired) electrons. The van der Waals surface area contributed by atoms with Gasteiger partial charge in [0.25, 0.3) is 0 Å². The van der Waals surface area contributed by atoms with E-state index in [4.69, 9.17) is 17.0 Å². The molecule has 18 heavy (non-hydrogen) atoms. The van der Waals surface area contributed by atoms with Gasteiger partial charge in [-0.1, -0.05) is 24.0 Å². The molecule has 6 heteroatoms. The lowest BCUT2D eigenvalue weighted by Crippen LogP contribution is -2.07. The van der Waals surface area contributed by atoms with Gasteiger partial charge in [-0.2, -0.15) is 0 Å². The number of rotatable bonds is 5. The van der Waals surface area contributed by atoms with Gasteiger partial charge in [0.1, 0.15) is 10.1 Å². The van der Waals surface area contributed by atoms with Gasteiger partial charge in [0.2, 0.25) is 0 Å². The van der Waals surface area contributed by atoms with Crippen molar-refractivity contribution < 1.29 is 14.3 Å². The number of benzene rings is 1. The van der Waals surface area contributed by atoms with Crippen molar-refractivity contribution in [3.63, 3.8) is 0 Å². The molecule has 1 aromatic carbocycles. The van der Waals surface area contributed by atoms with Crippen LogP contribution in [0.5, 0.6) is 5.75 Å². The zero-order chi connectivity index (χ0) is 13.4. The molecule has 0 aliphatic heterocycles. The molecule has 0 amide bonds. The van der Waals surface area contributed by atoms with E-state index in [1.807, 2.05) is 24.3 Å². The van der Waals surface area contributed by atoms with Crippen molar-refractivity contribution in [2.24, 2.45) is 0 Å². The molecule has 0 aliphatic carbocycles. The number of hydrogen-bond acceptors (Lipinski definition) is 5. The number of ether oxygens (including phenoxy) is 2. The van der Waals surface area contributed by atoms with E-state index in [9.17, 15) is 4.79 Å². The summed E-state index contributed by atoms with van der Waals surface area (Å²) >= 11 is 6.57. The van der Waals surface area contributed by atoms with Gasteiger partial charge in [-0.15, -0.1) is 0 Å². The summed E-state index contributed by atoms with van der Waals surface area (Å²) in [6.07, 6.45) is 0.353. The topological polar surface area (TPSA) is 47.6 Å². The van der Waals surface area contributed by atoms with E-state index in [1.54, 1.807) is 7.11 Å². The van der Waals surface area contributed by atoms with E-state index < -0.39 is 0 Å². The van der Waals surface area contributed by atoms with Crippen LogP contribution in [-0.4, -0.2) is 30.3 Å². The summed E-state index contributed by atoms with van der Waals surface area (Å²) < 4.78 is 10.2. The van der Waals surface area contributed by atoms with Crippen molar-refractivity contribution in [3.8, 4) is 5.75 Å². The highest BCUT2D eigenvalue weighted by atomic mass is 32.2. The summed E-state index contributed by atoms with van der Waals surface area (Å²) in [6, 6.07) is 7.46. The first-order valence-corrected chi connectivity index (χ1v) is 6.69. The SMILES string of the molecule is COC(=O)CCSC(=S)Nc1ccc(OC)cc1. The van der Waals surface area contributed by atoms with Crippen molar-refractivity contribution in [2.45, 2.75) is 6.42 Å². The fourth-order valence-corrected chi connectivity index (χ4v) is 2.17. The minimum Gasteiger partial charge on any atom is -0.497 e. The van der Waals surface area contributed by atoms with Gasteiger partial charge in [0.15, 0.2) is 0 Å². The number of carbonyl (C=O) groups is 1. The lowest BCUT2D eigenvalue weighted by molar-refractivity contribution is -0.140. The van der Waals surface area contributed by atoms with Crippen LogP contribution in [-0.2, 0) is 9.53 Å². The van der Waals surface area contributed by atoms with E-state index in [1.165, 1.54) is 18.9 Å². The summed E-state index contributed by atoms with van der Waals surface area (Å²) in [5, 5.41) is 3.07. The average molecular weight is 285 g/mol. The van der Waals surface area contributed by atoms with Gasteiger partial charge in [0, 0.05) is 11.4 Å². The van der Waals surface area contributed by atoms with Crippen LogP contribution in [0, 0.1) is 0 Å². The summed E-state index contributed by atoms with van der Waals surface area (Å²) in [5.74, 6) is 1.17. The average Bonchev–Trinajstić information content (AvgIpc) is 2.39. The number of thiocarbonyl (C=S) groups is 1. The molecule has 0 spiro atoms. The third-order valence-electron chi connectivity index (χ3n) is 2.10. The Balaban J connectivity index is 2.32. The largest absolute Gasteiger partial charge is 0.497 e. The Labute approximate surface area is 116 Å². The molecule has 0 saturated heterocycles. The Hall–Kier alpha value is -1.27. The fourth-order valence-electron chi connectivity index (χ4n) is 1.16. The first kappa shape index (κ1) is 14.8. The molecule has 1 rings (SSSR count). The molecule has 4 nitrogen and oxygen atoms in total. The minimum atomic E-state index is -0.227. The zero-order valence-electron chi connectivity index (χ0n) is 10.3. The quantitative estimate of drug-likeness (QED) is 0.663. The maximum absolute atomic E-state index is 10.9. The molecule has 0 fully saturated rings.